The number of aromatic nitrogens is 2. The number of hydrogen-bond donors (Lipinski definition) is 0. The van der Waals surface area contributed by atoms with Crippen LogP contribution in [0.3, 0.4) is 0 Å². The maximum Gasteiger partial charge on any atom is 0.176 e. The summed E-state index contributed by atoms with van der Waals surface area (Å²) in [7, 11) is 2.01. The summed E-state index contributed by atoms with van der Waals surface area (Å²) in [6, 6.07) is 0. The average molecular weight is 121 g/mol. The van der Waals surface area contributed by atoms with Crippen LogP contribution in [0.4, 0.5) is 0 Å². The molecule has 2 nitrogen and oxygen atoms in total. The molecule has 0 spiro atoms. The van der Waals surface area contributed by atoms with Crippen molar-refractivity contribution in [3.05, 3.63) is 17.7 Å². The van der Waals surface area contributed by atoms with Gasteiger partial charge in [-0.2, -0.15) is 0 Å². The third-order valence-electron chi connectivity index (χ3n) is 1.90. The van der Waals surface area contributed by atoms with Crippen molar-refractivity contribution in [2.75, 3.05) is 0 Å². The summed E-state index contributed by atoms with van der Waals surface area (Å²) < 4.78 is 2.00. The van der Waals surface area contributed by atoms with Crippen LogP contribution in [0.2, 0.25) is 0 Å². The lowest BCUT2D eigenvalue weighted by Gasteiger charge is -1.91. The second-order valence-corrected chi connectivity index (χ2v) is 2.52. The van der Waals surface area contributed by atoms with E-state index in [0.717, 1.165) is 6.42 Å². The highest BCUT2D eigenvalue weighted by Crippen LogP contribution is 2.18. The highest BCUT2D eigenvalue weighted by atomic mass is 15.0. The summed E-state index contributed by atoms with van der Waals surface area (Å²) in [5, 5.41) is 0. The number of fused-ring (bicyclic) bond motifs is 1. The van der Waals surface area contributed by atoms with E-state index in [1.807, 2.05) is 11.6 Å². The van der Waals surface area contributed by atoms with Gasteiger partial charge in [0.15, 0.2) is 6.33 Å². The van der Waals surface area contributed by atoms with E-state index in [1.54, 1.807) is 0 Å². The van der Waals surface area contributed by atoms with Crippen LogP contribution in [0.15, 0.2) is 0 Å². The van der Waals surface area contributed by atoms with Crippen molar-refractivity contribution in [1.29, 1.82) is 0 Å². The summed E-state index contributed by atoms with van der Waals surface area (Å²) in [5.41, 5.74) is 2.65. The van der Waals surface area contributed by atoms with Gasteiger partial charge in [-0.1, -0.05) is 0 Å². The van der Waals surface area contributed by atoms with Crippen LogP contribution < -0.4 is 0 Å². The Morgan fingerprint density at radius 1 is 1.56 bits per heavy atom. The molecule has 0 N–H and O–H groups in total. The zero-order chi connectivity index (χ0) is 6.27. The fourth-order valence-corrected chi connectivity index (χ4v) is 1.39. The van der Waals surface area contributed by atoms with Crippen LogP contribution >= 0.6 is 0 Å². The molecule has 1 aromatic rings. The lowest BCUT2D eigenvalue weighted by molar-refractivity contribution is 0.790. The number of aryl methyl sites for hydroxylation is 2. The third kappa shape index (κ3) is 0.590. The largest absolute Gasteiger partial charge is 0.328 e. The zero-order valence-corrected chi connectivity index (χ0v) is 5.52. The molecule has 1 aliphatic rings. The molecular weight excluding hydrogens is 112 g/mol. The van der Waals surface area contributed by atoms with E-state index >= 15 is 0 Å². The molecule has 1 radical (unpaired) electrons. The third-order valence-corrected chi connectivity index (χ3v) is 1.90. The van der Waals surface area contributed by atoms with E-state index in [2.05, 4.69) is 11.3 Å². The Kier molecular flexibility index (Phi) is 0.891. The molecular formula is C7H9N2. The van der Waals surface area contributed by atoms with Crippen molar-refractivity contribution in [1.82, 2.24) is 9.55 Å². The first-order valence-corrected chi connectivity index (χ1v) is 3.30. The second-order valence-electron chi connectivity index (χ2n) is 2.52. The van der Waals surface area contributed by atoms with E-state index in [4.69, 9.17) is 0 Å². The molecule has 0 aromatic carbocycles. The number of nitrogens with zero attached hydrogens (tertiary/aromatic N) is 2. The minimum atomic E-state index is 1.16. The molecule has 9 heavy (non-hydrogen) atoms. The van der Waals surface area contributed by atoms with Gasteiger partial charge in [-0.15, -0.1) is 0 Å². The lowest BCUT2D eigenvalue weighted by Crippen LogP contribution is -1.91. The smallest absolute Gasteiger partial charge is 0.176 e. The maximum absolute atomic E-state index is 4.13. The monoisotopic (exact) mass is 121 g/mol. The van der Waals surface area contributed by atoms with Gasteiger partial charge in [0.05, 0.1) is 5.69 Å². The molecule has 0 saturated heterocycles. The van der Waals surface area contributed by atoms with Gasteiger partial charge in [-0.05, 0) is 19.3 Å². The highest BCUT2D eigenvalue weighted by Gasteiger charge is 2.14. The summed E-state index contributed by atoms with van der Waals surface area (Å²) >= 11 is 0. The zero-order valence-electron chi connectivity index (χ0n) is 5.52. The highest BCUT2D eigenvalue weighted by molar-refractivity contribution is 5.17. The van der Waals surface area contributed by atoms with Crippen LogP contribution in [0, 0.1) is 6.33 Å². The molecule has 0 saturated carbocycles. The van der Waals surface area contributed by atoms with Gasteiger partial charge >= 0.3 is 0 Å². The molecule has 0 unspecified atom stereocenters. The fourth-order valence-electron chi connectivity index (χ4n) is 1.39. The van der Waals surface area contributed by atoms with Gasteiger partial charge in [0.25, 0.3) is 0 Å². The Labute approximate surface area is 54.5 Å². The van der Waals surface area contributed by atoms with E-state index in [0.29, 0.717) is 0 Å². The van der Waals surface area contributed by atoms with Crippen molar-refractivity contribution in [3.63, 3.8) is 0 Å². The van der Waals surface area contributed by atoms with Crippen LogP contribution in [0.25, 0.3) is 0 Å². The Hall–Kier alpha value is -0.790. The fraction of sp³-hybridized carbons (Fsp3) is 0.571. The first-order valence-electron chi connectivity index (χ1n) is 3.30. The SMILES string of the molecule is Cn1[c]nc2c1CCC2. The Morgan fingerprint density at radius 3 is 3.22 bits per heavy atom. The summed E-state index contributed by atoms with van der Waals surface area (Å²) in [5.74, 6) is 0. The van der Waals surface area contributed by atoms with Crippen molar-refractivity contribution in [2.45, 2.75) is 19.3 Å². The average Bonchev–Trinajstić information content (AvgIpc) is 2.35. The normalized spacial score (nSPS) is 16.1. The predicted molar refractivity (Wildman–Crippen MR) is 34.1 cm³/mol. The van der Waals surface area contributed by atoms with Gasteiger partial charge in [0.2, 0.25) is 0 Å². The van der Waals surface area contributed by atoms with Gasteiger partial charge in [0, 0.05) is 12.7 Å². The Balaban J connectivity index is 2.56. The predicted octanol–water partition coefficient (Wildman–Crippen LogP) is 0.709. The van der Waals surface area contributed by atoms with E-state index in [9.17, 15) is 0 Å². The molecule has 0 atom stereocenters. The van der Waals surface area contributed by atoms with E-state index in [-0.39, 0.29) is 0 Å². The van der Waals surface area contributed by atoms with Crippen molar-refractivity contribution in [2.24, 2.45) is 7.05 Å². The molecule has 0 aliphatic heterocycles. The second kappa shape index (κ2) is 1.59. The Morgan fingerprint density at radius 2 is 2.44 bits per heavy atom. The Bertz CT molecular complexity index is 225. The number of rotatable bonds is 0. The maximum atomic E-state index is 4.13. The molecule has 0 bridgehead atoms. The van der Waals surface area contributed by atoms with Crippen molar-refractivity contribution >= 4 is 0 Å². The van der Waals surface area contributed by atoms with Gasteiger partial charge in [-0.25, -0.2) is 4.98 Å². The van der Waals surface area contributed by atoms with Gasteiger partial charge in [-0.3, -0.25) is 0 Å². The van der Waals surface area contributed by atoms with E-state index < -0.39 is 0 Å². The first-order chi connectivity index (χ1) is 4.38. The number of hydrogen-bond acceptors (Lipinski definition) is 1. The van der Waals surface area contributed by atoms with Gasteiger partial charge < -0.3 is 4.57 Å². The molecule has 0 amide bonds. The van der Waals surface area contributed by atoms with Crippen molar-refractivity contribution in [3.8, 4) is 0 Å². The lowest BCUT2D eigenvalue weighted by atomic mass is 10.4. The minimum absolute atomic E-state index is 1.16. The molecule has 47 valence electrons. The summed E-state index contributed by atoms with van der Waals surface area (Å²) in [6.07, 6.45) is 6.54. The van der Waals surface area contributed by atoms with E-state index in [1.165, 1.54) is 24.2 Å². The molecule has 1 aliphatic carbocycles. The summed E-state index contributed by atoms with van der Waals surface area (Å²) in [6.45, 7) is 0. The quantitative estimate of drug-likeness (QED) is 0.494. The van der Waals surface area contributed by atoms with Crippen LogP contribution in [-0.4, -0.2) is 9.55 Å². The first kappa shape index (κ1) is 5.03. The van der Waals surface area contributed by atoms with Crippen molar-refractivity contribution < 1.29 is 0 Å². The standard InChI is InChI=1S/C7H9N2/c1-9-5-8-6-3-2-4-7(6)9/h2-4H2,1H3. The van der Waals surface area contributed by atoms with Crippen LogP contribution in [-0.2, 0) is 19.9 Å². The molecule has 1 heterocycles. The van der Waals surface area contributed by atoms with Crippen LogP contribution in [0.5, 0.6) is 0 Å². The minimum Gasteiger partial charge on any atom is -0.328 e. The van der Waals surface area contributed by atoms with Gasteiger partial charge in [0.1, 0.15) is 0 Å². The number of imidazole rings is 1. The van der Waals surface area contributed by atoms with Crippen LogP contribution in [0.1, 0.15) is 17.8 Å². The molecule has 2 heteroatoms. The topological polar surface area (TPSA) is 17.8 Å². The summed E-state index contributed by atoms with van der Waals surface area (Å²) in [4.78, 5) is 4.13. The molecule has 0 fully saturated rings. The molecule has 1 aromatic heterocycles. The molecule has 2 rings (SSSR count).